The minimum absolute atomic E-state index is 0.0927. The predicted octanol–water partition coefficient (Wildman–Crippen LogP) is 1.76. The molecular formula is C16H25N3O. The molecule has 1 fully saturated rings. The molecule has 0 aromatic heterocycles. The number of benzene rings is 1. The van der Waals surface area contributed by atoms with Crippen LogP contribution in [0, 0.1) is 5.41 Å². The Bertz CT molecular complexity index is 423. The number of nitrogens with one attached hydrogen (secondary N) is 1. The van der Waals surface area contributed by atoms with Gasteiger partial charge in [-0.2, -0.15) is 0 Å². The Morgan fingerprint density at radius 2 is 2.05 bits per heavy atom. The normalized spacial score (nSPS) is 16.3. The Labute approximate surface area is 121 Å². The highest BCUT2D eigenvalue weighted by Crippen LogP contribution is 2.42. The molecular weight excluding hydrogens is 250 g/mol. The maximum Gasteiger partial charge on any atom is 0.220 e. The number of carbonyl (C=O) groups excluding carboxylic acids is 1. The number of likely N-dealkylation sites (N-methyl/N-ethyl adjacent to an activating group) is 1. The molecule has 0 radical (unpaired) electrons. The number of nitrogens with zero attached hydrogens (tertiary/aromatic N) is 1. The molecule has 1 aliphatic carbocycles. The maximum absolute atomic E-state index is 11.9. The number of nitrogens with two attached hydrogens (primary N) is 1. The van der Waals surface area contributed by atoms with Gasteiger partial charge in [-0.15, -0.1) is 0 Å². The van der Waals surface area contributed by atoms with Gasteiger partial charge in [-0.1, -0.05) is 24.6 Å². The number of rotatable bonds is 7. The van der Waals surface area contributed by atoms with Crippen LogP contribution in [0.2, 0.25) is 0 Å². The van der Waals surface area contributed by atoms with Gasteiger partial charge < -0.3 is 16.0 Å². The molecule has 2 rings (SSSR count). The third-order valence-electron chi connectivity index (χ3n) is 4.35. The van der Waals surface area contributed by atoms with E-state index < -0.39 is 0 Å². The van der Waals surface area contributed by atoms with Crippen molar-refractivity contribution in [2.45, 2.75) is 25.7 Å². The summed E-state index contributed by atoms with van der Waals surface area (Å²) in [6.07, 6.45) is 3.99. The van der Waals surface area contributed by atoms with Gasteiger partial charge in [0.15, 0.2) is 0 Å². The fourth-order valence-corrected chi connectivity index (χ4v) is 2.71. The molecule has 0 aliphatic heterocycles. The fourth-order valence-electron chi connectivity index (χ4n) is 2.71. The second-order valence-corrected chi connectivity index (χ2v) is 5.84. The van der Waals surface area contributed by atoms with Crippen LogP contribution in [0.15, 0.2) is 30.3 Å². The second kappa shape index (κ2) is 6.75. The molecule has 1 aromatic rings. The van der Waals surface area contributed by atoms with Gasteiger partial charge in [-0.25, -0.2) is 0 Å². The summed E-state index contributed by atoms with van der Waals surface area (Å²) in [7, 11) is 2.04. The molecule has 1 saturated carbocycles. The summed E-state index contributed by atoms with van der Waals surface area (Å²) in [5.74, 6) is 0.136. The molecule has 0 unspecified atom stereocenters. The highest BCUT2D eigenvalue weighted by molar-refractivity contribution is 5.76. The number of anilines is 1. The predicted molar refractivity (Wildman–Crippen MR) is 82.7 cm³/mol. The number of hydrogen-bond acceptors (Lipinski definition) is 3. The molecule has 1 aromatic carbocycles. The van der Waals surface area contributed by atoms with Crippen LogP contribution in [0.4, 0.5) is 5.69 Å². The third-order valence-corrected chi connectivity index (χ3v) is 4.35. The van der Waals surface area contributed by atoms with E-state index in [2.05, 4.69) is 22.3 Å². The zero-order chi connectivity index (χ0) is 14.4. The quantitative estimate of drug-likeness (QED) is 0.797. The lowest BCUT2D eigenvalue weighted by molar-refractivity contribution is -0.124. The van der Waals surface area contributed by atoms with Gasteiger partial charge in [0, 0.05) is 32.2 Å². The minimum atomic E-state index is 0.0927. The maximum atomic E-state index is 11.9. The van der Waals surface area contributed by atoms with Crippen LogP contribution < -0.4 is 16.0 Å². The van der Waals surface area contributed by atoms with Crippen LogP contribution in [-0.4, -0.2) is 32.6 Å². The molecule has 3 N–H and O–H groups in total. The van der Waals surface area contributed by atoms with Crippen molar-refractivity contribution in [3.63, 3.8) is 0 Å². The van der Waals surface area contributed by atoms with Crippen LogP contribution >= 0.6 is 0 Å². The molecule has 1 amide bonds. The molecule has 0 spiro atoms. The fraction of sp³-hybridized carbons (Fsp3) is 0.562. The summed E-state index contributed by atoms with van der Waals surface area (Å²) in [5, 5.41) is 3.01. The highest BCUT2D eigenvalue weighted by Gasteiger charge is 2.37. The molecule has 20 heavy (non-hydrogen) atoms. The van der Waals surface area contributed by atoms with E-state index in [4.69, 9.17) is 5.73 Å². The summed E-state index contributed by atoms with van der Waals surface area (Å²) in [6, 6.07) is 10.2. The van der Waals surface area contributed by atoms with E-state index in [1.54, 1.807) is 0 Å². The van der Waals surface area contributed by atoms with Gasteiger partial charge in [0.1, 0.15) is 0 Å². The molecule has 1 aliphatic rings. The minimum Gasteiger partial charge on any atom is -0.373 e. The Balaban J connectivity index is 1.69. The molecule has 0 saturated heterocycles. The first-order chi connectivity index (χ1) is 9.65. The van der Waals surface area contributed by atoms with E-state index in [1.807, 2.05) is 25.2 Å². The number of amides is 1. The zero-order valence-corrected chi connectivity index (χ0v) is 12.3. The van der Waals surface area contributed by atoms with Gasteiger partial charge in [0.05, 0.1) is 0 Å². The van der Waals surface area contributed by atoms with Crippen molar-refractivity contribution < 1.29 is 4.79 Å². The largest absolute Gasteiger partial charge is 0.373 e. The first kappa shape index (κ1) is 14.9. The van der Waals surface area contributed by atoms with E-state index in [9.17, 15) is 4.79 Å². The molecule has 4 heteroatoms. The molecule has 4 nitrogen and oxygen atoms in total. The Hall–Kier alpha value is -1.55. The van der Waals surface area contributed by atoms with Gasteiger partial charge in [0.25, 0.3) is 0 Å². The van der Waals surface area contributed by atoms with Crippen molar-refractivity contribution in [3.05, 3.63) is 30.3 Å². The number of carbonyl (C=O) groups is 1. The lowest BCUT2D eigenvalue weighted by atomic mass is 9.66. The van der Waals surface area contributed by atoms with Crippen molar-refractivity contribution >= 4 is 11.6 Å². The summed E-state index contributed by atoms with van der Waals surface area (Å²) in [4.78, 5) is 14.1. The first-order valence-corrected chi connectivity index (χ1v) is 7.38. The monoisotopic (exact) mass is 275 g/mol. The van der Waals surface area contributed by atoms with Crippen LogP contribution in [0.1, 0.15) is 25.7 Å². The Morgan fingerprint density at radius 3 is 2.60 bits per heavy atom. The lowest BCUT2D eigenvalue weighted by Gasteiger charge is -2.40. The molecule has 0 bridgehead atoms. The molecule has 0 atom stereocenters. The van der Waals surface area contributed by atoms with Crippen LogP contribution in [0.5, 0.6) is 0 Å². The van der Waals surface area contributed by atoms with E-state index in [1.165, 1.54) is 12.1 Å². The summed E-state index contributed by atoms with van der Waals surface area (Å²) < 4.78 is 0. The van der Waals surface area contributed by atoms with E-state index in [0.717, 1.165) is 19.4 Å². The van der Waals surface area contributed by atoms with Gasteiger partial charge in [-0.05, 0) is 36.9 Å². The smallest absolute Gasteiger partial charge is 0.220 e. The highest BCUT2D eigenvalue weighted by atomic mass is 16.1. The summed E-state index contributed by atoms with van der Waals surface area (Å²) >= 11 is 0. The van der Waals surface area contributed by atoms with Gasteiger partial charge in [0.2, 0.25) is 5.91 Å². The van der Waals surface area contributed by atoms with Crippen molar-refractivity contribution in [1.82, 2.24) is 5.32 Å². The summed E-state index contributed by atoms with van der Waals surface area (Å²) in [5.41, 5.74) is 7.04. The molecule has 0 heterocycles. The lowest BCUT2D eigenvalue weighted by Crippen LogP contribution is -2.43. The third kappa shape index (κ3) is 3.73. The van der Waals surface area contributed by atoms with Gasteiger partial charge in [-0.3, -0.25) is 4.79 Å². The average molecular weight is 275 g/mol. The van der Waals surface area contributed by atoms with E-state index in [0.29, 0.717) is 19.5 Å². The number of hydrogen-bond donors (Lipinski definition) is 2. The summed E-state index contributed by atoms with van der Waals surface area (Å²) in [6.45, 7) is 2.11. The molecule has 110 valence electrons. The van der Waals surface area contributed by atoms with E-state index in [-0.39, 0.29) is 11.3 Å². The Morgan fingerprint density at radius 1 is 1.35 bits per heavy atom. The zero-order valence-electron chi connectivity index (χ0n) is 12.3. The second-order valence-electron chi connectivity index (χ2n) is 5.84. The van der Waals surface area contributed by atoms with Crippen molar-refractivity contribution in [2.24, 2.45) is 11.1 Å². The van der Waals surface area contributed by atoms with E-state index >= 15 is 0 Å². The van der Waals surface area contributed by atoms with Crippen LogP contribution in [0.25, 0.3) is 0 Å². The van der Waals surface area contributed by atoms with Crippen LogP contribution in [0.3, 0.4) is 0 Å². The topological polar surface area (TPSA) is 58.4 Å². The SMILES string of the molecule is CN(CCNC(=O)CC1(CN)CCC1)c1ccccc1. The number of para-hydroxylation sites is 1. The standard InChI is InChI=1S/C16H25N3O/c1-19(14-6-3-2-4-7-14)11-10-18-15(20)12-16(13-17)8-5-9-16/h2-4,6-7H,5,8-13,17H2,1H3,(H,18,20). The van der Waals surface area contributed by atoms with Gasteiger partial charge >= 0.3 is 0 Å². The average Bonchev–Trinajstić information content (AvgIpc) is 2.43. The van der Waals surface area contributed by atoms with Crippen molar-refractivity contribution in [3.8, 4) is 0 Å². The van der Waals surface area contributed by atoms with Crippen molar-refractivity contribution in [2.75, 3.05) is 31.6 Å². The van der Waals surface area contributed by atoms with Crippen molar-refractivity contribution in [1.29, 1.82) is 0 Å². The van der Waals surface area contributed by atoms with Crippen LogP contribution in [-0.2, 0) is 4.79 Å². The Kier molecular flexibility index (Phi) is 5.01. The first-order valence-electron chi connectivity index (χ1n) is 7.38.